The summed E-state index contributed by atoms with van der Waals surface area (Å²) >= 11 is 1.65. The number of benzene rings is 1. The molecule has 1 aromatic carbocycles. The molecule has 0 spiro atoms. The van der Waals surface area contributed by atoms with E-state index < -0.39 is 0 Å². The van der Waals surface area contributed by atoms with Crippen molar-refractivity contribution < 1.29 is 0 Å². The number of nitrogens with two attached hydrogens (primary N) is 2. The Bertz CT molecular complexity index is 445. The van der Waals surface area contributed by atoms with Gasteiger partial charge in [-0.15, -0.1) is 11.3 Å². The summed E-state index contributed by atoms with van der Waals surface area (Å²) < 4.78 is 1.19. The van der Waals surface area contributed by atoms with E-state index in [0.29, 0.717) is 0 Å². The minimum atomic E-state index is 0.792. The average Bonchev–Trinajstić information content (AvgIpc) is 2.48. The molecule has 2 nitrogen and oxygen atoms in total. The van der Waals surface area contributed by atoms with E-state index in [1.165, 1.54) is 10.3 Å². The van der Waals surface area contributed by atoms with E-state index in [4.69, 9.17) is 11.5 Å². The third-order valence-electron chi connectivity index (χ3n) is 2.20. The lowest BCUT2D eigenvalue weighted by molar-refractivity contribution is 1.15. The molecule has 4 N–H and O–H groups in total. The minimum absolute atomic E-state index is 0.792. The second-order valence-electron chi connectivity index (χ2n) is 3.10. The van der Waals surface area contributed by atoms with Crippen molar-refractivity contribution in [3.05, 3.63) is 23.1 Å². The number of fused-ring (bicyclic) bond motifs is 1. The van der Waals surface area contributed by atoms with Crippen LogP contribution in [0.2, 0.25) is 0 Å². The second-order valence-corrected chi connectivity index (χ2v) is 4.01. The van der Waals surface area contributed by atoms with Gasteiger partial charge in [0.1, 0.15) is 0 Å². The summed E-state index contributed by atoms with van der Waals surface area (Å²) in [5.74, 6) is 0. The molecule has 0 bridgehead atoms. The van der Waals surface area contributed by atoms with Gasteiger partial charge in [0.25, 0.3) is 0 Å². The van der Waals surface area contributed by atoms with Crippen LogP contribution in [0.3, 0.4) is 0 Å². The number of rotatable bonds is 1. The van der Waals surface area contributed by atoms with Crippen LogP contribution in [-0.2, 0) is 6.42 Å². The Morgan fingerprint density at radius 3 is 2.69 bits per heavy atom. The highest BCUT2D eigenvalue weighted by molar-refractivity contribution is 7.18. The van der Waals surface area contributed by atoms with E-state index in [1.54, 1.807) is 11.3 Å². The molecule has 0 saturated heterocycles. The highest BCUT2D eigenvalue weighted by Gasteiger charge is 2.05. The maximum absolute atomic E-state index is 5.90. The van der Waals surface area contributed by atoms with Crippen molar-refractivity contribution in [3.63, 3.8) is 0 Å². The van der Waals surface area contributed by atoms with Crippen molar-refractivity contribution in [2.24, 2.45) is 0 Å². The summed E-state index contributed by atoms with van der Waals surface area (Å²) in [6.45, 7) is 2.12. The van der Waals surface area contributed by atoms with Crippen molar-refractivity contribution in [2.45, 2.75) is 13.3 Å². The Morgan fingerprint density at radius 1 is 1.23 bits per heavy atom. The molecule has 0 aliphatic rings. The van der Waals surface area contributed by atoms with Gasteiger partial charge >= 0.3 is 0 Å². The summed E-state index contributed by atoms with van der Waals surface area (Å²) in [6, 6.07) is 4.16. The molecule has 13 heavy (non-hydrogen) atoms. The molecule has 3 heteroatoms. The molecule has 1 heterocycles. The van der Waals surface area contributed by atoms with Gasteiger partial charge in [-0.3, -0.25) is 0 Å². The summed E-state index contributed by atoms with van der Waals surface area (Å²) in [7, 11) is 0. The Hall–Kier alpha value is -1.22. The fraction of sp³-hybridized carbons (Fsp3) is 0.200. The van der Waals surface area contributed by atoms with Crippen LogP contribution in [0.4, 0.5) is 11.4 Å². The van der Waals surface area contributed by atoms with E-state index in [-0.39, 0.29) is 0 Å². The molecule has 0 unspecified atom stereocenters. The summed E-state index contributed by atoms with van der Waals surface area (Å²) in [4.78, 5) is 0. The van der Waals surface area contributed by atoms with E-state index in [2.05, 4.69) is 13.0 Å². The fourth-order valence-electron chi connectivity index (χ4n) is 1.49. The van der Waals surface area contributed by atoms with Gasteiger partial charge in [-0.05, 0) is 24.1 Å². The molecule has 2 aromatic rings. The van der Waals surface area contributed by atoms with Gasteiger partial charge < -0.3 is 11.5 Å². The Kier molecular flexibility index (Phi) is 1.88. The molecular formula is C10H12N2S. The van der Waals surface area contributed by atoms with Crippen molar-refractivity contribution in [1.82, 2.24) is 0 Å². The SMILES string of the molecule is CCc1cc(N)c2c(N)csc2c1. The van der Waals surface area contributed by atoms with Crippen LogP contribution < -0.4 is 11.5 Å². The van der Waals surface area contributed by atoms with Gasteiger partial charge in [0, 0.05) is 21.2 Å². The molecule has 0 aliphatic carbocycles. The molecule has 0 aliphatic heterocycles. The number of hydrogen-bond donors (Lipinski definition) is 2. The van der Waals surface area contributed by atoms with Crippen LogP contribution in [0.15, 0.2) is 17.5 Å². The van der Waals surface area contributed by atoms with Gasteiger partial charge in [0.05, 0.1) is 5.69 Å². The van der Waals surface area contributed by atoms with Crippen molar-refractivity contribution in [1.29, 1.82) is 0 Å². The Balaban J connectivity index is 2.79. The van der Waals surface area contributed by atoms with Crippen molar-refractivity contribution in [2.75, 3.05) is 11.5 Å². The summed E-state index contributed by atoms with van der Waals surface area (Å²) in [5.41, 5.74) is 14.6. The molecule has 0 saturated carbocycles. The lowest BCUT2D eigenvalue weighted by atomic mass is 10.1. The van der Waals surface area contributed by atoms with Gasteiger partial charge in [0.2, 0.25) is 0 Å². The van der Waals surface area contributed by atoms with Gasteiger partial charge in [-0.1, -0.05) is 6.92 Å². The molecule has 0 atom stereocenters. The van der Waals surface area contributed by atoms with Crippen LogP contribution >= 0.6 is 11.3 Å². The third-order valence-corrected chi connectivity index (χ3v) is 3.15. The number of aryl methyl sites for hydroxylation is 1. The van der Waals surface area contributed by atoms with Crippen LogP contribution in [0.5, 0.6) is 0 Å². The topological polar surface area (TPSA) is 52.0 Å². The molecule has 0 radical (unpaired) electrons. The normalized spacial score (nSPS) is 10.8. The highest BCUT2D eigenvalue weighted by atomic mass is 32.1. The summed E-state index contributed by atoms with van der Waals surface area (Å²) in [5, 5.41) is 2.96. The lowest BCUT2D eigenvalue weighted by Crippen LogP contribution is -1.91. The summed E-state index contributed by atoms with van der Waals surface area (Å²) in [6.07, 6.45) is 1.01. The first-order chi connectivity index (χ1) is 6.22. The molecule has 0 fully saturated rings. The zero-order valence-electron chi connectivity index (χ0n) is 7.50. The molecule has 0 amide bonds. The van der Waals surface area contributed by atoms with Crippen molar-refractivity contribution >= 4 is 32.8 Å². The first-order valence-electron chi connectivity index (χ1n) is 4.27. The maximum atomic E-state index is 5.90. The van der Waals surface area contributed by atoms with E-state index >= 15 is 0 Å². The molecule has 2 rings (SSSR count). The second kappa shape index (κ2) is 2.92. The van der Waals surface area contributed by atoms with E-state index in [0.717, 1.165) is 23.2 Å². The van der Waals surface area contributed by atoms with Crippen molar-refractivity contribution in [3.8, 4) is 0 Å². The largest absolute Gasteiger partial charge is 0.398 e. The number of thiophene rings is 1. The van der Waals surface area contributed by atoms with Crippen LogP contribution in [-0.4, -0.2) is 0 Å². The maximum Gasteiger partial charge on any atom is 0.0523 e. The first-order valence-corrected chi connectivity index (χ1v) is 5.15. The smallest absolute Gasteiger partial charge is 0.0523 e. The zero-order chi connectivity index (χ0) is 9.42. The number of anilines is 2. The minimum Gasteiger partial charge on any atom is -0.398 e. The molecular weight excluding hydrogens is 180 g/mol. The zero-order valence-corrected chi connectivity index (χ0v) is 8.32. The third kappa shape index (κ3) is 1.25. The highest BCUT2D eigenvalue weighted by Crippen LogP contribution is 2.33. The fourth-order valence-corrected chi connectivity index (χ4v) is 2.43. The first kappa shape index (κ1) is 8.38. The number of nitrogen functional groups attached to an aromatic ring is 2. The van der Waals surface area contributed by atoms with E-state index in [1.807, 2.05) is 11.4 Å². The molecule has 1 aromatic heterocycles. The van der Waals surface area contributed by atoms with Gasteiger partial charge in [-0.2, -0.15) is 0 Å². The number of hydrogen-bond acceptors (Lipinski definition) is 3. The monoisotopic (exact) mass is 192 g/mol. The predicted octanol–water partition coefficient (Wildman–Crippen LogP) is 2.63. The van der Waals surface area contributed by atoms with Crippen LogP contribution in [0.25, 0.3) is 10.1 Å². The lowest BCUT2D eigenvalue weighted by Gasteiger charge is -2.01. The van der Waals surface area contributed by atoms with Gasteiger partial charge in [0.15, 0.2) is 0 Å². The molecule has 68 valence electrons. The van der Waals surface area contributed by atoms with Crippen LogP contribution in [0, 0.1) is 0 Å². The van der Waals surface area contributed by atoms with E-state index in [9.17, 15) is 0 Å². The average molecular weight is 192 g/mol. The predicted molar refractivity (Wildman–Crippen MR) is 60.0 cm³/mol. The van der Waals surface area contributed by atoms with Crippen LogP contribution in [0.1, 0.15) is 12.5 Å². The Morgan fingerprint density at radius 2 is 2.00 bits per heavy atom. The Labute approximate surface area is 81.2 Å². The quantitative estimate of drug-likeness (QED) is 0.682. The van der Waals surface area contributed by atoms with Gasteiger partial charge in [-0.25, -0.2) is 0 Å². The standard InChI is InChI=1S/C10H12N2S/c1-2-6-3-7(11)10-8(12)5-13-9(10)4-6/h3-5H,2,11-12H2,1H3.